The van der Waals surface area contributed by atoms with Gasteiger partial charge in [0.05, 0.1) is 5.69 Å². The van der Waals surface area contributed by atoms with E-state index in [1.165, 1.54) is 41.2 Å². The van der Waals surface area contributed by atoms with Crippen LogP contribution >= 0.6 is 11.6 Å². The van der Waals surface area contributed by atoms with Gasteiger partial charge in [0, 0.05) is 37.6 Å². The van der Waals surface area contributed by atoms with Crippen LogP contribution in [0, 0.1) is 5.92 Å². The zero-order chi connectivity index (χ0) is 27.7. The third-order valence-electron chi connectivity index (χ3n) is 5.19. The quantitative estimate of drug-likeness (QED) is 0.220. The molecule has 1 aromatic carbocycles. The number of ether oxygens (including phenoxy) is 2. The first-order chi connectivity index (χ1) is 18.0. The van der Waals surface area contributed by atoms with Crippen molar-refractivity contribution in [2.45, 2.75) is 46.0 Å². The summed E-state index contributed by atoms with van der Waals surface area (Å²) in [5.41, 5.74) is 1.04. The van der Waals surface area contributed by atoms with Crippen molar-refractivity contribution in [3.05, 3.63) is 48.0 Å². The average molecular weight is 555 g/mol. The number of hydrogen-bond acceptors (Lipinski definition) is 7. The largest absolute Gasteiger partial charge is 0.573 e. The van der Waals surface area contributed by atoms with Crippen LogP contribution in [0.25, 0.3) is 17.2 Å². The number of halogens is 4. The minimum Gasteiger partial charge on any atom is -0.406 e. The highest BCUT2D eigenvalue weighted by Gasteiger charge is 2.31. The molecule has 38 heavy (non-hydrogen) atoms. The number of aromatic nitrogens is 4. The van der Waals surface area contributed by atoms with Gasteiger partial charge in [-0.2, -0.15) is 4.98 Å². The number of nitrogens with one attached hydrogen (secondary N) is 2. The van der Waals surface area contributed by atoms with Gasteiger partial charge in [-0.3, -0.25) is 9.36 Å². The number of hydrogen-bond donors (Lipinski definition) is 2. The van der Waals surface area contributed by atoms with Crippen LogP contribution in [0.4, 0.5) is 19.0 Å². The second-order valence-corrected chi connectivity index (χ2v) is 9.17. The summed E-state index contributed by atoms with van der Waals surface area (Å²) in [7, 11) is 0. The number of alkyl halides is 3. The van der Waals surface area contributed by atoms with E-state index >= 15 is 0 Å². The van der Waals surface area contributed by atoms with Crippen molar-refractivity contribution in [3.63, 3.8) is 0 Å². The van der Waals surface area contributed by atoms with Crippen molar-refractivity contribution < 1.29 is 27.4 Å². The third-order valence-corrected chi connectivity index (χ3v) is 5.39. The molecule has 0 saturated heterocycles. The monoisotopic (exact) mass is 554 g/mol. The standard InChI is InChI=1S/C25H30ClF3N6O3/c1-4-37-11-5-10-30-23(36)19(12-16(2)3)32-22-13-21(26)33-24(34-22)35-14-20(31-15-35)17-6-8-18(9-7-17)38-25(27,28)29/h6-9,13-16,19H,4-5,10-12H2,1-3H3,(H,30,36)(H,32,33,34)/t19-/m0/s1. The fourth-order valence-corrected chi connectivity index (χ4v) is 3.72. The van der Waals surface area contributed by atoms with E-state index in [0.717, 1.165) is 0 Å². The summed E-state index contributed by atoms with van der Waals surface area (Å²) in [6.07, 6.45) is -0.416. The van der Waals surface area contributed by atoms with Crippen LogP contribution in [-0.2, 0) is 9.53 Å². The Labute approximate surface area is 223 Å². The number of carbonyl (C=O) groups is 1. The van der Waals surface area contributed by atoms with E-state index in [1.54, 1.807) is 6.20 Å². The summed E-state index contributed by atoms with van der Waals surface area (Å²) in [5.74, 6) is 0.316. The summed E-state index contributed by atoms with van der Waals surface area (Å²) in [6, 6.07) is 6.31. The van der Waals surface area contributed by atoms with Crippen LogP contribution in [-0.4, -0.2) is 57.6 Å². The molecule has 0 spiro atoms. The predicted octanol–water partition coefficient (Wildman–Crippen LogP) is 5.25. The van der Waals surface area contributed by atoms with Crippen molar-refractivity contribution in [2.75, 3.05) is 25.1 Å². The van der Waals surface area contributed by atoms with Crippen molar-refractivity contribution in [1.29, 1.82) is 0 Å². The van der Waals surface area contributed by atoms with Gasteiger partial charge < -0.3 is 20.1 Å². The molecule has 0 radical (unpaired) electrons. The number of imidazole rings is 1. The summed E-state index contributed by atoms with van der Waals surface area (Å²) in [6.45, 7) is 7.65. The predicted molar refractivity (Wildman–Crippen MR) is 137 cm³/mol. The van der Waals surface area contributed by atoms with Gasteiger partial charge in [0.15, 0.2) is 0 Å². The second-order valence-electron chi connectivity index (χ2n) is 8.78. The Morgan fingerprint density at radius 2 is 1.92 bits per heavy atom. The summed E-state index contributed by atoms with van der Waals surface area (Å²) in [5, 5.41) is 6.23. The van der Waals surface area contributed by atoms with Crippen LogP contribution < -0.4 is 15.4 Å². The molecular weight excluding hydrogens is 525 g/mol. The molecule has 0 fully saturated rings. The minimum atomic E-state index is -4.77. The highest BCUT2D eigenvalue weighted by molar-refractivity contribution is 6.29. The smallest absolute Gasteiger partial charge is 0.406 e. The van der Waals surface area contributed by atoms with Gasteiger partial charge in [-0.25, -0.2) is 9.97 Å². The van der Waals surface area contributed by atoms with Crippen molar-refractivity contribution in [2.24, 2.45) is 5.92 Å². The van der Waals surface area contributed by atoms with Gasteiger partial charge in [0.25, 0.3) is 0 Å². The molecule has 1 amide bonds. The first-order valence-corrected chi connectivity index (χ1v) is 12.5. The van der Waals surface area contributed by atoms with Gasteiger partial charge in [-0.15, -0.1) is 13.2 Å². The number of nitrogens with zero attached hydrogens (tertiary/aromatic N) is 4. The summed E-state index contributed by atoms with van der Waals surface area (Å²) < 4.78 is 48.0. The molecule has 1 atom stereocenters. The lowest BCUT2D eigenvalue weighted by molar-refractivity contribution is -0.274. The molecule has 0 aliphatic carbocycles. The SMILES string of the molecule is CCOCCCNC(=O)[C@H](CC(C)C)Nc1cc(Cl)nc(-n2cnc(-c3ccc(OC(F)(F)F)cc3)c2)n1. The maximum atomic E-state index is 12.8. The average Bonchev–Trinajstić information content (AvgIpc) is 3.33. The normalized spacial score (nSPS) is 12.4. The Hall–Kier alpha value is -3.38. The molecule has 3 rings (SSSR count). The lowest BCUT2D eigenvalue weighted by Gasteiger charge is -2.21. The number of benzene rings is 1. The molecule has 206 valence electrons. The lowest BCUT2D eigenvalue weighted by atomic mass is 10.0. The molecular formula is C25H30ClF3N6O3. The number of anilines is 1. The third kappa shape index (κ3) is 9.18. The first kappa shape index (κ1) is 29.2. The molecule has 3 aromatic rings. The van der Waals surface area contributed by atoms with E-state index < -0.39 is 12.4 Å². The Kier molecular flexibility index (Phi) is 10.3. The van der Waals surface area contributed by atoms with E-state index in [4.69, 9.17) is 16.3 Å². The highest BCUT2D eigenvalue weighted by Crippen LogP contribution is 2.26. The molecule has 0 aliphatic rings. The Morgan fingerprint density at radius 3 is 2.58 bits per heavy atom. The molecule has 2 heterocycles. The Morgan fingerprint density at radius 1 is 1.18 bits per heavy atom. The molecule has 2 aromatic heterocycles. The number of rotatable bonds is 13. The van der Waals surface area contributed by atoms with Crippen molar-refractivity contribution in [3.8, 4) is 23.0 Å². The maximum absolute atomic E-state index is 12.8. The second kappa shape index (κ2) is 13.4. The van der Waals surface area contributed by atoms with Crippen LogP contribution in [0.3, 0.4) is 0 Å². The zero-order valence-corrected chi connectivity index (χ0v) is 22.0. The minimum absolute atomic E-state index is 0.154. The summed E-state index contributed by atoms with van der Waals surface area (Å²) >= 11 is 6.25. The van der Waals surface area contributed by atoms with Gasteiger partial charge >= 0.3 is 6.36 Å². The molecule has 0 unspecified atom stereocenters. The van der Waals surface area contributed by atoms with Crippen LogP contribution in [0.5, 0.6) is 5.75 Å². The van der Waals surface area contributed by atoms with E-state index in [1.807, 2.05) is 20.8 Å². The molecule has 2 N–H and O–H groups in total. The number of carbonyl (C=O) groups excluding carboxylic acids is 1. The Balaban J connectivity index is 1.73. The lowest BCUT2D eigenvalue weighted by Crippen LogP contribution is -2.41. The topological polar surface area (TPSA) is 103 Å². The van der Waals surface area contributed by atoms with Gasteiger partial charge in [-0.1, -0.05) is 25.4 Å². The van der Waals surface area contributed by atoms with Gasteiger partial charge in [0.2, 0.25) is 11.9 Å². The van der Waals surface area contributed by atoms with E-state index in [9.17, 15) is 18.0 Å². The van der Waals surface area contributed by atoms with E-state index in [0.29, 0.717) is 49.7 Å². The fourth-order valence-electron chi connectivity index (χ4n) is 3.54. The Bertz CT molecular complexity index is 1190. The number of amides is 1. The first-order valence-electron chi connectivity index (χ1n) is 12.1. The van der Waals surface area contributed by atoms with Crippen molar-refractivity contribution >= 4 is 23.3 Å². The van der Waals surface area contributed by atoms with Crippen LogP contribution in [0.1, 0.15) is 33.6 Å². The summed E-state index contributed by atoms with van der Waals surface area (Å²) in [4.78, 5) is 25.9. The maximum Gasteiger partial charge on any atom is 0.573 e. The van der Waals surface area contributed by atoms with Gasteiger partial charge in [-0.05, 0) is 49.9 Å². The van der Waals surface area contributed by atoms with Crippen molar-refractivity contribution in [1.82, 2.24) is 24.8 Å². The molecule has 0 bridgehead atoms. The zero-order valence-electron chi connectivity index (χ0n) is 21.3. The molecule has 0 saturated carbocycles. The fraction of sp³-hybridized carbons (Fsp3) is 0.440. The van der Waals surface area contributed by atoms with Gasteiger partial charge in [0.1, 0.15) is 29.1 Å². The molecule has 13 heteroatoms. The van der Waals surface area contributed by atoms with E-state index in [2.05, 4.69) is 30.3 Å². The van der Waals surface area contributed by atoms with Crippen LogP contribution in [0.2, 0.25) is 5.15 Å². The van der Waals surface area contributed by atoms with Crippen LogP contribution in [0.15, 0.2) is 42.9 Å². The molecule has 9 nitrogen and oxygen atoms in total. The highest BCUT2D eigenvalue weighted by atomic mass is 35.5. The van der Waals surface area contributed by atoms with E-state index in [-0.39, 0.29) is 28.7 Å². The molecule has 0 aliphatic heterocycles.